The molecule has 6 heteroatoms. The van der Waals surface area contributed by atoms with Gasteiger partial charge in [0.2, 0.25) is 0 Å². The van der Waals surface area contributed by atoms with Crippen molar-refractivity contribution in [3.63, 3.8) is 0 Å². The molecule has 5 nitrogen and oxygen atoms in total. The average Bonchev–Trinajstić information content (AvgIpc) is 2.70. The fourth-order valence-corrected chi connectivity index (χ4v) is 2.57. The number of nitrogens with one attached hydrogen (secondary N) is 1. The normalized spacial score (nSPS) is 22.2. The van der Waals surface area contributed by atoms with Gasteiger partial charge in [0.05, 0.1) is 6.54 Å². The molecule has 1 unspecified atom stereocenters. The SMILES string of the molecule is CC1CNCCN1Cc1nc(C(=O)O)cs1. The number of rotatable bonds is 3. The molecule has 1 aromatic rings. The van der Waals surface area contributed by atoms with Gasteiger partial charge in [-0.05, 0) is 6.92 Å². The second-order valence-corrected chi connectivity index (χ2v) is 4.90. The number of hydrogen-bond donors (Lipinski definition) is 2. The van der Waals surface area contributed by atoms with Crippen LogP contribution in [0.15, 0.2) is 5.38 Å². The van der Waals surface area contributed by atoms with Gasteiger partial charge in [-0.15, -0.1) is 11.3 Å². The van der Waals surface area contributed by atoms with Crippen LogP contribution in [0.1, 0.15) is 22.4 Å². The summed E-state index contributed by atoms with van der Waals surface area (Å²) in [7, 11) is 0. The Kier molecular flexibility index (Phi) is 3.52. The minimum atomic E-state index is -0.948. The Bertz CT molecular complexity index is 380. The highest BCUT2D eigenvalue weighted by atomic mass is 32.1. The van der Waals surface area contributed by atoms with Crippen molar-refractivity contribution in [3.8, 4) is 0 Å². The Morgan fingerprint density at radius 2 is 2.62 bits per heavy atom. The lowest BCUT2D eigenvalue weighted by Gasteiger charge is -2.33. The monoisotopic (exact) mass is 241 g/mol. The van der Waals surface area contributed by atoms with Crippen LogP contribution >= 0.6 is 11.3 Å². The number of carboxylic acid groups (broad SMARTS) is 1. The molecule has 0 saturated carbocycles. The van der Waals surface area contributed by atoms with Crippen LogP contribution < -0.4 is 5.32 Å². The molecule has 1 atom stereocenters. The van der Waals surface area contributed by atoms with Crippen LogP contribution in [0.5, 0.6) is 0 Å². The van der Waals surface area contributed by atoms with Crippen LogP contribution in [0.3, 0.4) is 0 Å². The Labute approximate surface area is 98.1 Å². The summed E-state index contributed by atoms with van der Waals surface area (Å²) >= 11 is 1.42. The summed E-state index contributed by atoms with van der Waals surface area (Å²) < 4.78 is 0. The first-order valence-corrected chi connectivity index (χ1v) is 6.17. The van der Waals surface area contributed by atoms with E-state index >= 15 is 0 Å². The number of piperazine rings is 1. The molecule has 2 N–H and O–H groups in total. The summed E-state index contributed by atoms with van der Waals surface area (Å²) in [6.45, 7) is 5.88. The molecule has 0 bridgehead atoms. The second-order valence-electron chi connectivity index (χ2n) is 3.96. The fourth-order valence-electron chi connectivity index (χ4n) is 1.77. The molecule has 1 aliphatic rings. The lowest BCUT2D eigenvalue weighted by molar-refractivity contribution is 0.0691. The Balaban J connectivity index is 1.99. The molecule has 1 fully saturated rings. The third kappa shape index (κ3) is 2.58. The predicted octanol–water partition coefficient (Wildman–Crippen LogP) is 0.635. The van der Waals surface area contributed by atoms with Crippen molar-refractivity contribution < 1.29 is 9.90 Å². The van der Waals surface area contributed by atoms with Crippen LogP contribution in [-0.4, -0.2) is 46.6 Å². The van der Waals surface area contributed by atoms with Crippen molar-refractivity contribution in [2.24, 2.45) is 0 Å². The first-order valence-electron chi connectivity index (χ1n) is 5.29. The van der Waals surface area contributed by atoms with Crippen LogP contribution in [0.4, 0.5) is 0 Å². The highest BCUT2D eigenvalue weighted by Crippen LogP contribution is 2.14. The number of carbonyl (C=O) groups is 1. The highest BCUT2D eigenvalue weighted by Gasteiger charge is 2.19. The van der Waals surface area contributed by atoms with Gasteiger partial charge in [-0.25, -0.2) is 9.78 Å². The Morgan fingerprint density at radius 1 is 1.81 bits per heavy atom. The van der Waals surface area contributed by atoms with Crippen LogP contribution in [-0.2, 0) is 6.54 Å². The molecule has 16 heavy (non-hydrogen) atoms. The maximum atomic E-state index is 10.7. The number of hydrogen-bond acceptors (Lipinski definition) is 5. The topological polar surface area (TPSA) is 65.5 Å². The van der Waals surface area contributed by atoms with Gasteiger partial charge in [-0.3, -0.25) is 4.90 Å². The van der Waals surface area contributed by atoms with Crippen molar-refractivity contribution >= 4 is 17.3 Å². The van der Waals surface area contributed by atoms with Crippen LogP contribution in [0, 0.1) is 0 Å². The summed E-state index contributed by atoms with van der Waals surface area (Å²) in [5.41, 5.74) is 0.155. The molecule has 0 spiro atoms. The lowest BCUT2D eigenvalue weighted by Crippen LogP contribution is -2.49. The van der Waals surface area contributed by atoms with Crippen LogP contribution in [0.2, 0.25) is 0 Å². The summed E-state index contributed by atoms with van der Waals surface area (Å²) in [5.74, 6) is -0.948. The zero-order chi connectivity index (χ0) is 11.5. The average molecular weight is 241 g/mol. The fraction of sp³-hybridized carbons (Fsp3) is 0.600. The van der Waals surface area contributed by atoms with E-state index < -0.39 is 5.97 Å². The van der Waals surface area contributed by atoms with Crippen molar-refractivity contribution in [1.82, 2.24) is 15.2 Å². The van der Waals surface area contributed by atoms with E-state index in [-0.39, 0.29) is 5.69 Å². The predicted molar refractivity (Wildman–Crippen MR) is 61.8 cm³/mol. The summed E-state index contributed by atoms with van der Waals surface area (Å²) in [5, 5.41) is 14.6. The van der Waals surface area contributed by atoms with Gasteiger partial charge in [-0.1, -0.05) is 0 Å². The summed E-state index contributed by atoms with van der Waals surface area (Å²) in [6.07, 6.45) is 0. The molecule has 88 valence electrons. The second kappa shape index (κ2) is 4.90. The maximum absolute atomic E-state index is 10.7. The third-order valence-corrected chi connectivity index (χ3v) is 3.58. The van der Waals surface area contributed by atoms with E-state index in [4.69, 9.17) is 5.11 Å². The van der Waals surface area contributed by atoms with E-state index in [1.807, 2.05) is 0 Å². The van der Waals surface area contributed by atoms with Gasteiger partial charge in [0.1, 0.15) is 5.01 Å². The quantitative estimate of drug-likeness (QED) is 0.813. The van der Waals surface area contributed by atoms with Crippen molar-refractivity contribution in [2.45, 2.75) is 19.5 Å². The molecule has 1 aromatic heterocycles. The largest absolute Gasteiger partial charge is 0.476 e. The smallest absolute Gasteiger partial charge is 0.355 e. The standard InChI is InChI=1S/C10H15N3O2S/c1-7-4-11-2-3-13(7)5-9-12-8(6-16-9)10(14)15/h6-7,11H,2-5H2,1H3,(H,14,15). The molecular formula is C10H15N3O2S. The molecule has 2 heterocycles. The summed E-state index contributed by atoms with van der Waals surface area (Å²) in [4.78, 5) is 17.1. The summed E-state index contributed by atoms with van der Waals surface area (Å²) in [6, 6.07) is 0.478. The number of aromatic carboxylic acids is 1. The van der Waals surface area contributed by atoms with E-state index in [0.29, 0.717) is 6.04 Å². The first kappa shape index (κ1) is 11.5. The van der Waals surface area contributed by atoms with E-state index in [9.17, 15) is 4.79 Å². The van der Waals surface area contributed by atoms with Crippen molar-refractivity contribution in [3.05, 3.63) is 16.1 Å². The van der Waals surface area contributed by atoms with Gasteiger partial charge in [0, 0.05) is 31.1 Å². The first-order chi connectivity index (χ1) is 7.66. The van der Waals surface area contributed by atoms with Gasteiger partial charge < -0.3 is 10.4 Å². The minimum absolute atomic E-state index is 0.155. The maximum Gasteiger partial charge on any atom is 0.355 e. The van der Waals surface area contributed by atoms with Gasteiger partial charge in [0.25, 0.3) is 0 Å². The molecule has 2 rings (SSSR count). The van der Waals surface area contributed by atoms with E-state index in [0.717, 1.165) is 31.2 Å². The number of nitrogens with zero attached hydrogens (tertiary/aromatic N) is 2. The molecule has 0 aromatic carbocycles. The van der Waals surface area contributed by atoms with Gasteiger partial charge in [0.15, 0.2) is 5.69 Å². The van der Waals surface area contributed by atoms with Gasteiger partial charge >= 0.3 is 5.97 Å². The van der Waals surface area contributed by atoms with E-state index in [1.54, 1.807) is 5.38 Å². The minimum Gasteiger partial charge on any atom is -0.476 e. The highest BCUT2D eigenvalue weighted by molar-refractivity contribution is 7.09. The molecule has 0 amide bonds. The van der Waals surface area contributed by atoms with E-state index in [2.05, 4.69) is 22.1 Å². The van der Waals surface area contributed by atoms with Crippen molar-refractivity contribution in [2.75, 3.05) is 19.6 Å². The Morgan fingerprint density at radius 3 is 3.25 bits per heavy atom. The van der Waals surface area contributed by atoms with Crippen LogP contribution in [0.25, 0.3) is 0 Å². The van der Waals surface area contributed by atoms with Gasteiger partial charge in [-0.2, -0.15) is 0 Å². The third-order valence-electron chi connectivity index (χ3n) is 2.75. The molecule has 1 aliphatic heterocycles. The van der Waals surface area contributed by atoms with Crippen molar-refractivity contribution in [1.29, 1.82) is 0 Å². The lowest BCUT2D eigenvalue weighted by atomic mass is 10.2. The molecular weight excluding hydrogens is 226 g/mol. The zero-order valence-corrected chi connectivity index (χ0v) is 9.96. The molecule has 1 saturated heterocycles. The number of aromatic nitrogens is 1. The zero-order valence-electron chi connectivity index (χ0n) is 9.14. The Hall–Kier alpha value is -0.980. The number of carboxylic acids is 1. The number of thiazole rings is 1. The van der Waals surface area contributed by atoms with E-state index in [1.165, 1.54) is 11.3 Å². The molecule has 0 aliphatic carbocycles. The molecule has 0 radical (unpaired) electrons.